The van der Waals surface area contributed by atoms with Gasteiger partial charge in [-0.3, -0.25) is 23.2 Å². The number of aliphatic hydroxyl groups is 9. The first-order valence-corrected chi connectivity index (χ1v) is 36.2. The van der Waals surface area contributed by atoms with Crippen molar-refractivity contribution in [3.63, 3.8) is 0 Å². The van der Waals surface area contributed by atoms with Crippen LogP contribution in [0.5, 0.6) is 0 Å². The smallest absolute Gasteiger partial charge is 0.397 e. The molecule has 0 radical (unpaired) electrons. The van der Waals surface area contributed by atoms with E-state index in [1.54, 1.807) is 0 Å². The van der Waals surface area contributed by atoms with Crippen LogP contribution in [0.15, 0.2) is 23.8 Å². The van der Waals surface area contributed by atoms with Crippen molar-refractivity contribution in [2.45, 2.75) is 259 Å². The van der Waals surface area contributed by atoms with Crippen LogP contribution < -0.4 is 0 Å². The number of aliphatic hydroxyl groups excluding tert-OH is 9. The zero-order chi connectivity index (χ0) is 71.4. The van der Waals surface area contributed by atoms with Gasteiger partial charge in [-0.1, -0.05) is 44.9 Å². The van der Waals surface area contributed by atoms with Gasteiger partial charge in [-0.15, -0.1) is 6.58 Å². The molecule has 2 unspecified atom stereocenters. The van der Waals surface area contributed by atoms with Gasteiger partial charge in [0.1, 0.15) is 115 Å². The van der Waals surface area contributed by atoms with Crippen molar-refractivity contribution >= 4 is 42.9 Å². The van der Waals surface area contributed by atoms with Crippen LogP contribution in [-0.4, -0.2) is 283 Å². The Kier molecular flexibility index (Phi) is 22.6. The fourth-order valence-corrected chi connectivity index (χ4v) is 18.6. The normalized spacial score (nSPS) is 47.8. The molecule has 0 amide bonds. The lowest BCUT2D eigenvalue weighted by Gasteiger charge is -2.63. The van der Waals surface area contributed by atoms with Crippen molar-refractivity contribution in [3.8, 4) is 0 Å². The lowest BCUT2D eigenvalue weighted by atomic mass is 9.41. The van der Waals surface area contributed by atoms with Crippen LogP contribution in [-0.2, 0) is 110 Å². The average Bonchev–Trinajstić information content (AvgIpc) is 1.52. The second-order valence-electron chi connectivity index (χ2n) is 28.7. The molecule has 6 saturated heterocycles. The van der Waals surface area contributed by atoms with Gasteiger partial charge < -0.3 is 103 Å². The molecule has 9 fully saturated rings. The minimum atomic E-state index is -5.34. The van der Waals surface area contributed by atoms with Crippen LogP contribution in [0.2, 0.25) is 0 Å². The Labute approximate surface area is 560 Å². The molecule has 31 atom stereocenters. The number of carbonyl (C=O) groups excluding carboxylic acids is 2. The highest BCUT2D eigenvalue weighted by Gasteiger charge is 2.79. The summed E-state index contributed by atoms with van der Waals surface area (Å²) in [6.45, 7) is 13.5. The first-order valence-electron chi connectivity index (χ1n) is 32.1. The molecule has 0 bridgehead atoms. The van der Waals surface area contributed by atoms with E-state index in [4.69, 9.17) is 61.0 Å². The highest BCUT2D eigenvalue weighted by Crippen LogP contribution is 2.75. The van der Waals surface area contributed by atoms with Crippen molar-refractivity contribution < 1.29 is 164 Å². The molecular weight excluding hydrogens is 1360 g/mol. The first-order chi connectivity index (χ1) is 45.0. The second-order valence-corrected chi connectivity index (χ2v) is 31.9. The van der Waals surface area contributed by atoms with E-state index >= 15 is 0 Å². The van der Waals surface area contributed by atoms with Crippen molar-refractivity contribution in [1.29, 1.82) is 0 Å². The van der Waals surface area contributed by atoms with Gasteiger partial charge in [-0.05, 0) is 94.8 Å². The summed E-state index contributed by atoms with van der Waals surface area (Å²) in [6.07, 6.45) is -40.0. The van der Waals surface area contributed by atoms with Crippen LogP contribution in [0.25, 0.3) is 0 Å². The third kappa shape index (κ3) is 14.8. The molecular formula is C59H92O35S3. The molecule has 12 N–H and O–H groups in total. The van der Waals surface area contributed by atoms with Crippen LogP contribution in [0.3, 0.4) is 0 Å². The van der Waals surface area contributed by atoms with Crippen molar-refractivity contribution in [3.05, 3.63) is 23.8 Å². The third-order valence-corrected chi connectivity index (χ3v) is 23.6. The number of allylic oxidation sites excluding steroid dienone is 3. The molecule has 0 aromatic heterocycles. The van der Waals surface area contributed by atoms with Crippen molar-refractivity contribution in [2.24, 2.45) is 39.4 Å². The average molecular weight is 1460 g/mol. The number of esters is 1. The molecule has 0 aromatic rings. The highest BCUT2D eigenvalue weighted by molar-refractivity contribution is 7.81. The predicted molar refractivity (Wildman–Crippen MR) is 319 cm³/mol. The van der Waals surface area contributed by atoms with Gasteiger partial charge in [0.15, 0.2) is 31.5 Å². The Morgan fingerprint density at radius 3 is 1.79 bits per heavy atom. The standard InChI is InChI=1S/C59H92O35S3/c1-24(2)11-10-16-58(8)48-28(60)19-57(7)27-12-13-33-55(4,5)34(15-17-56(33,6)26(27)14-18-59(48,57)54(70)93-58)88-52-46(38(65)32(21-82-52)94-97(77,78)79)92-53-47(91-49-39(66)35(62)29(61)20-81-49)40(67)43(25(3)85-53)89-51-42(69)45(37(64)31(87-51)23-84-96(74,75)76)90-50-41(68)44(80-9)36(63)30(86-50)22-83-95(71,72)73/h12,25-26,29-53,61-69H,1,10-11,13-23H2,2-9H3,(H,71,72,73)(H,74,75,76)(H,77,78,79)/t25-,26?,29-,30-,31-,32-,33?,34+,35+,36-,37-,38+,39-,40+,41-,42-,43-,44+,45+,46-,47-,48-,49+,50+,51+,52+,53+,56-,57+,58+,59-/m1/s1. The number of Topliss-reactive ketones (excluding diaryl/α,β-unsaturated/α-hetero) is 1. The van der Waals surface area contributed by atoms with E-state index in [0.717, 1.165) is 24.7 Å². The molecule has 10 rings (SSSR count). The number of methoxy groups -OCH3 is 1. The number of carbonyl (C=O) groups is 2. The maximum absolute atomic E-state index is 14.5. The number of fused-ring (bicyclic) bond motifs is 4. The zero-order valence-corrected chi connectivity index (χ0v) is 57.0. The summed E-state index contributed by atoms with van der Waals surface area (Å²) in [5.74, 6) is -1.19. The van der Waals surface area contributed by atoms with E-state index in [-0.39, 0.29) is 30.0 Å². The molecule has 0 aromatic carbocycles. The Morgan fingerprint density at radius 1 is 0.629 bits per heavy atom. The number of hydrogen-bond acceptors (Lipinski definition) is 32. The van der Waals surface area contributed by atoms with Gasteiger partial charge in [0.2, 0.25) is 0 Å². The summed E-state index contributed by atoms with van der Waals surface area (Å²) in [4.78, 5) is 29.0. The molecule has 3 saturated carbocycles. The first kappa shape index (κ1) is 77.1. The number of cyclic esters (lactones) is 1. The molecule has 556 valence electrons. The fourth-order valence-electron chi connectivity index (χ4n) is 17.5. The number of rotatable bonds is 23. The lowest BCUT2D eigenvalue weighted by Crippen LogP contribution is -2.68. The Balaban J connectivity index is 0.921. The topological polar surface area (TPSA) is 518 Å². The molecule has 6 heterocycles. The van der Waals surface area contributed by atoms with E-state index in [2.05, 4.69) is 27.9 Å². The summed E-state index contributed by atoms with van der Waals surface area (Å²) in [5.41, 5.74) is -2.04. The molecule has 97 heavy (non-hydrogen) atoms. The largest absolute Gasteiger partial charge is 0.458 e. The van der Waals surface area contributed by atoms with Gasteiger partial charge >= 0.3 is 37.2 Å². The van der Waals surface area contributed by atoms with Crippen molar-refractivity contribution in [2.75, 3.05) is 33.5 Å². The van der Waals surface area contributed by atoms with Gasteiger partial charge in [0.25, 0.3) is 0 Å². The van der Waals surface area contributed by atoms with E-state index < -0.39 is 238 Å². The monoisotopic (exact) mass is 1460 g/mol. The maximum Gasteiger partial charge on any atom is 0.397 e. The lowest BCUT2D eigenvalue weighted by molar-refractivity contribution is -0.403. The summed E-state index contributed by atoms with van der Waals surface area (Å²) in [7, 11) is -14.8. The van der Waals surface area contributed by atoms with Gasteiger partial charge in [-0.25, -0.2) is 12.5 Å². The van der Waals surface area contributed by atoms with E-state index in [0.29, 0.717) is 44.9 Å². The SMILES string of the molecule is C=C(C)CCC[C@]1(C)OC(=O)[C@]23CCC4C(=CCC5C(C)(C)[C@@H](O[C@@H]6OC[C@@H](OS(=O)(=O)O)[C@H](O)[C@H]6O[C@@H]6O[C@H](C)[C@@H](O[C@@H]7O[C@H](COS(=O)(=O)O)[C@@H](O)[C@H](O[C@@H]8O[C@H](COS(=O)(=O)O)[C@@H](O)[C@H](OC)[C@H]8O)[C@H]7O)[C@H](O)[C@H]6O[C@@H]6OC[C@@H](O)[C@H](O)[C@H]6O)CC[C@]45C)[C@]2(C)CC(=O)[C@@H]31. The third-order valence-electron chi connectivity index (χ3n) is 22.2. The molecule has 10 aliphatic rings. The number of ketones is 1. The Hall–Kier alpha value is -2.57. The van der Waals surface area contributed by atoms with Crippen LogP contribution in [0, 0.1) is 39.4 Å². The molecule has 35 nitrogen and oxygen atoms in total. The highest BCUT2D eigenvalue weighted by atomic mass is 32.3. The van der Waals surface area contributed by atoms with Crippen LogP contribution in [0.4, 0.5) is 0 Å². The minimum absolute atomic E-state index is 0.00563. The van der Waals surface area contributed by atoms with E-state index in [1.165, 1.54) is 6.92 Å². The molecule has 1 spiro atoms. The quantitative estimate of drug-likeness (QED) is 0.0292. The Morgan fingerprint density at radius 2 is 1.20 bits per heavy atom. The number of hydrogen-bond donors (Lipinski definition) is 12. The predicted octanol–water partition coefficient (Wildman–Crippen LogP) is -2.26. The van der Waals surface area contributed by atoms with Crippen molar-refractivity contribution in [1.82, 2.24) is 0 Å². The minimum Gasteiger partial charge on any atom is -0.458 e. The van der Waals surface area contributed by atoms with E-state index in [1.807, 2.05) is 34.6 Å². The van der Waals surface area contributed by atoms with Gasteiger partial charge in [-0.2, -0.15) is 25.3 Å². The summed E-state index contributed by atoms with van der Waals surface area (Å²) >= 11 is 0. The maximum atomic E-state index is 14.5. The summed E-state index contributed by atoms with van der Waals surface area (Å²) in [6, 6.07) is 0. The summed E-state index contributed by atoms with van der Waals surface area (Å²) in [5, 5.41) is 103. The summed E-state index contributed by atoms with van der Waals surface area (Å²) < 4.78 is 186. The van der Waals surface area contributed by atoms with E-state index in [9.17, 15) is 94.5 Å². The molecule has 6 aliphatic heterocycles. The Bertz CT molecular complexity index is 3250. The number of ether oxygens (including phenoxy) is 12. The van der Waals surface area contributed by atoms with Crippen LogP contribution >= 0.6 is 0 Å². The van der Waals surface area contributed by atoms with Gasteiger partial charge in [0.05, 0.1) is 50.0 Å². The van der Waals surface area contributed by atoms with Crippen LogP contribution in [0.1, 0.15) is 106 Å². The fraction of sp³-hybridized carbons (Fsp3) is 0.898. The molecule has 38 heteroatoms. The van der Waals surface area contributed by atoms with Gasteiger partial charge in [0, 0.05) is 18.9 Å². The molecule has 4 aliphatic carbocycles. The second kappa shape index (κ2) is 28.5. The zero-order valence-electron chi connectivity index (χ0n) is 54.5.